The molecule has 0 aromatic carbocycles. The highest BCUT2D eigenvalue weighted by molar-refractivity contribution is 5.90. The number of halogens is 1. The van der Waals surface area contributed by atoms with E-state index >= 15 is 0 Å². The number of nitrogens with zero attached hydrogens (tertiary/aromatic N) is 5. The molecule has 1 atom stereocenters. The van der Waals surface area contributed by atoms with Crippen molar-refractivity contribution in [3.63, 3.8) is 0 Å². The van der Waals surface area contributed by atoms with Crippen LogP contribution in [0.25, 0.3) is 0 Å². The zero-order valence-electron chi connectivity index (χ0n) is 11.7. The van der Waals surface area contributed by atoms with Gasteiger partial charge in [-0.2, -0.15) is 0 Å². The summed E-state index contributed by atoms with van der Waals surface area (Å²) in [6.07, 6.45) is 6.50. The van der Waals surface area contributed by atoms with Gasteiger partial charge in [0.05, 0.1) is 18.9 Å². The molecule has 114 valence electrons. The second-order valence-corrected chi connectivity index (χ2v) is 4.89. The van der Waals surface area contributed by atoms with Crippen molar-refractivity contribution < 1.29 is 13.9 Å². The number of ether oxygens (including phenoxy) is 1. The SMILES string of the molecule is O=C(c1ncccn1)N1CCCC(Oc2ncc(F)cn2)C1. The quantitative estimate of drug-likeness (QED) is 0.844. The van der Waals surface area contributed by atoms with Crippen LogP contribution in [0.15, 0.2) is 30.9 Å². The lowest BCUT2D eigenvalue weighted by Gasteiger charge is -2.31. The zero-order valence-corrected chi connectivity index (χ0v) is 11.7. The van der Waals surface area contributed by atoms with Gasteiger partial charge in [-0.1, -0.05) is 0 Å². The van der Waals surface area contributed by atoms with Crippen molar-refractivity contribution in [3.8, 4) is 6.01 Å². The Balaban J connectivity index is 1.64. The monoisotopic (exact) mass is 303 g/mol. The first-order chi connectivity index (χ1) is 10.7. The Morgan fingerprint density at radius 3 is 2.68 bits per heavy atom. The molecule has 0 N–H and O–H groups in total. The molecule has 7 nitrogen and oxygen atoms in total. The number of rotatable bonds is 3. The molecule has 1 aliphatic rings. The Kier molecular flexibility index (Phi) is 4.17. The van der Waals surface area contributed by atoms with Crippen LogP contribution in [0, 0.1) is 5.82 Å². The fourth-order valence-electron chi connectivity index (χ4n) is 2.28. The molecule has 2 aromatic rings. The van der Waals surface area contributed by atoms with Crippen LogP contribution >= 0.6 is 0 Å². The predicted octanol–water partition coefficient (Wildman–Crippen LogP) is 1.09. The van der Waals surface area contributed by atoms with E-state index in [4.69, 9.17) is 4.74 Å². The first-order valence-electron chi connectivity index (χ1n) is 6.93. The van der Waals surface area contributed by atoms with Crippen LogP contribution in [0.5, 0.6) is 6.01 Å². The molecule has 0 aliphatic carbocycles. The predicted molar refractivity (Wildman–Crippen MR) is 73.6 cm³/mol. The molecule has 1 fully saturated rings. The fraction of sp³-hybridized carbons (Fsp3) is 0.357. The van der Waals surface area contributed by atoms with Crippen molar-refractivity contribution in [1.82, 2.24) is 24.8 Å². The second-order valence-electron chi connectivity index (χ2n) is 4.89. The molecule has 8 heteroatoms. The highest BCUT2D eigenvalue weighted by atomic mass is 19.1. The van der Waals surface area contributed by atoms with E-state index in [0.717, 1.165) is 25.2 Å². The van der Waals surface area contributed by atoms with E-state index in [2.05, 4.69) is 19.9 Å². The van der Waals surface area contributed by atoms with Crippen LogP contribution in [-0.2, 0) is 0 Å². The van der Waals surface area contributed by atoms with Crippen LogP contribution < -0.4 is 4.74 Å². The summed E-state index contributed by atoms with van der Waals surface area (Å²) in [5.74, 6) is -0.580. The third-order valence-electron chi connectivity index (χ3n) is 3.29. The van der Waals surface area contributed by atoms with E-state index in [9.17, 15) is 9.18 Å². The summed E-state index contributed by atoms with van der Waals surface area (Å²) in [5.41, 5.74) is 0. The van der Waals surface area contributed by atoms with Crippen LogP contribution in [-0.4, -0.2) is 49.9 Å². The van der Waals surface area contributed by atoms with Crippen molar-refractivity contribution in [3.05, 3.63) is 42.5 Å². The maximum Gasteiger partial charge on any atom is 0.316 e. The van der Waals surface area contributed by atoms with Gasteiger partial charge in [0, 0.05) is 18.9 Å². The Morgan fingerprint density at radius 2 is 1.95 bits per heavy atom. The lowest BCUT2D eigenvalue weighted by atomic mass is 10.1. The van der Waals surface area contributed by atoms with Crippen molar-refractivity contribution in [2.75, 3.05) is 13.1 Å². The highest BCUT2D eigenvalue weighted by Crippen LogP contribution is 2.16. The van der Waals surface area contributed by atoms with Gasteiger partial charge in [-0.15, -0.1) is 0 Å². The number of piperidine rings is 1. The molecular formula is C14H14FN5O2. The molecule has 3 heterocycles. The smallest absolute Gasteiger partial charge is 0.316 e. The third kappa shape index (κ3) is 3.33. The minimum atomic E-state index is -0.519. The van der Waals surface area contributed by atoms with Gasteiger partial charge in [-0.05, 0) is 18.9 Å². The summed E-state index contributed by atoms with van der Waals surface area (Å²) in [7, 11) is 0. The van der Waals surface area contributed by atoms with Crippen molar-refractivity contribution in [2.24, 2.45) is 0 Å². The molecule has 1 unspecified atom stereocenters. The standard InChI is InChI=1S/C14H14FN5O2/c15-10-7-18-14(19-8-10)22-11-3-1-6-20(9-11)13(21)12-16-4-2-5-17-12/h2,4-5,7-8,11H,1,3,6,9H2. The molecule has 1 saturated heterocycles. The molecule has 1 amide bonds. The van der Waals surface area contributed by atoms with E-state index in [1.807, 2.05) is 0 Å². The number of carbonyl (C=O) groups excluding carboxylic acids is 1. The molecular weight excluding hydrogens is 289 g/mol. The van der Waals surface area contributed by atoms with Crippen molar-refractivity contribution >= 4 is 5.91 Å². The molecule has 3 rings (SSSR count). The van der Waals surface area contributed by atoms with E-state index in [1.54, 1.807) is 11.0 Å². The average Bonchev–Trinajstić information content (AvgIpc) is 2.57. The second kappa shape index (κ2) is 6.42. The lowest BCUT2D eigenvalue weighted by molar-refractivity contribution is 0.0504. The van der Waals surface area contributed by atoms with Crippen LogP contribution in [0.3, 0.4) is 0 Å². The maximum absolute atomic E-state index is 12.8. The number of aromatic nitrogens is 4. The molecule has 2 aromatic heterocycles. The van der Waals surface area contributed by atoms with Gasteiger partial charge in [0.15, 0.2) is 5.82 Å². The molecule has 0 spiro atoms. The summed E-state index contributed by atoms with van der Waals surface area (Å²) >= 11 is 0. The van der Waals surface area contributed by atoms with Gasteiger partial charge in [-0.25, -0.2) is 24.3 Å². The zero-order chi connectivity index (χ0) is 15.4. The van der Waals surface area contributed by atoms with Gasteiger partial charge < -0.3 is 9.64 Å². The Hall–Kier alpha value is -2.64. The first kappa shape index (κ1) is 14.3. The number of hydrogen-bond acceptors (Lipinski definition) is 6. The fourth-order valence-corrected chi connectivity index (χ4v) is 2.28. The highest BCUT2D eigenvalue weighted by Gasteiger charge is 2.27. The van der Waals surface area contributed by atoms with Gasteiger partial charge in [0.2, 0.25) is 5.82 Å². The first-order valence-corrected chi connectivity index (χ1v) is 6.93. The Labute approximate surface area is 126 Å². The van der Waals surface area contributed by atoms with Gasteiger partial charge >= 0.3 is 6.01 Å². The van der Waals surface area contributed by atoms with E-state index in [1.165, 1.54) is 12.4 Å². The van der Waals surface area contributed by atoms with E-state index in [-0.39, 0.29) is 23.8 Å². The molecule has 22 heavy (non-hydrogen) atoms. The maximum atomic E-state index is 12.8. The van der Waals surface area contributed by atoms with Gasteiger partial charge in [0.25, 0.3) is 5.91 Å². The summed E-state index contributed by atoms with van der Waals surface area (Å²) < 4.78 is 18.4. The number of likely N-dealkylation sites (tertiary alicyclic amines) is 1. The van der Waals surface area contributed by atoms with Crippen molar-refractivity contribution in [2.45, 2.75) is 18.9 Å². The summed E-state index contributed by atoms with van der Waals surface area (Å²) in [6.45, 7) is 1.03. The Bertz CT molecular complexity index is 637. The topological polar surface area (TPSA) is 81.1 Å². The van der Waals surface area contributed by atoms with E-state index in [0.29, 0.717) is 13.1 Å². The van der Waals surface area contributed by atoms with Crippen LogP contribution in [0.2, 0.25) is 0 Å². The molecule has 1 aliphatic heterocycles. The molecule has 0 saturated carbocycles. The third-order valence-corrected chi connectivity index (χ3v) is 3.29. The minimum Gasteiger partial charge on any atom is -0.458 e. The molecule has 0 bridgehead atoms. The number of carbonyl (C=O) groups is 1. The summed E-state index contributed by atoms with van der Waals surface area (Å²) in [4.78, 5) is 29.4. The molecule has 0 radical (unpaired) electrons. The van der Waals surface area contributed by atoms with Gasteiger partial charge in [0.1, 0.15) is 6.10 Å². The average molecular weight is 303 g/mol. The number of hydrogen-bond donors (Lipinski definition) is 0. The van der Waals surface area contributed by atoms with E-state index < -0.39 is 5.82 Å². The summed E-state index contributed by atoms with van der Waals surface area (Å²) in [6, 6.07) is 1.77. The number of amides is 1. The normalized spacial score (nSPS) is 18.0. The van der Waals surface area contributed by atoms with Crippen LogP contribution in [0.1, 0.15) is 23.5 Å². The summed E-state index contributed by atoms with van der Waals surface area (Å²) in [5, 5.41) is 0. The van der Waals surface area contributed by atoms with Crippen molar-refractivity contribution in [1.29, 1.82) is 0 Å². The lowest BCUT2D eigenvalue weighted by Crippen LogP contribution is -2.45. The van der Waals surface area contributed by atoms with Gasteiger partial charge in [-0.3, -0.25) is 4.79 Å². The van der Waals surface area contributed by atoms with Crippen LogP contribution in [0.4, 0.5) is 4.39 Å². The minimum absolute atomic E-state index is 0.108. The largest absolute Gasteiger partial charge is 0.458 e. The Morgan fingerprint density at radius 1 is 1.23 bits per heavy atom.